The van der Waals surface area contributed by atoms with Gasteiger partial charge in [0.05, 0.1) is 11.3 Å². The van der Waals surface area contributed by atoms with Crippen LogP contribution in [0.2, 0.25) is 0 Å². The molecular formula is C13H13N3O2. The maximum absolute atomic E-state index is 11.6. The van der Waals surface area contributed by atoms with E-state index in [0.29, 0.717) is 24.1 Å². The van der Waals surface area contributed by atoms with Crippen molar-refractivity contribution in [2.75, 3.05) is 5.32 Å². The molecule has 5 heteroatoms. The average molecular weight is 243 g/mol. The predicted molar refractivity (Wildman–Crippen MR) is 65.7 cm³/mol. The minimum absolute atomic E-state index is 0.247. The maximum atomic E-state index is 11.6. The second-order valence-corrected chi connectivity index (χ2v) is 4.26. The Morgan fingerprint density at radius 3 is 2.89 bits per heavy atom. The normalized spacial score (nSPS) is 19.0. The highest BCUT2D eigenvalue weighted by molar-refractivity contribution is 6.01. The van der Waals surface area contributed by atoms with Crippen LogP contribution < -0.4 is 10.6 Å². The molecule has 1 aromatic rings. The van der Waals surface area contributed by atoms with Crippen molar-refractivity contribution in [2.24, 2.45) is 0 Å². The summed E-state index contributed by atoms with van der Waals surface area (Å²) < 4.78 is 0. The van der Waals surface area contributed by atoms with Crippen LogP contribution in [0.5, 0.6) is 0 Å². The van der Waals surface area contributed by atoms with E-state index in [0.717, 1.165) is 5.56 Å². The topological polar surface area (TPSA) is 82.0 Å². The zero-order valence-corrected chi connectivity index (χ0v) is 9.99. The standard InChI is InChI=1S/C13H13N3O2/c1-8-3-2-4-10(9(8)7-14)15-11-5-6-12(17)16-13(11)18/h2-4,11,15H,5-6H2,1H3,(H,16,17,18). The van der Waals surface area contributed by atoms with Gasteiger partial charge in [0.15, 0.2) is 0 Å². The number of anilines is 1. The average Bonchev–Trinajstić information content (AvgIpc) is 2.33. The van der Waals surface area contributed by atoms with Gasteiger partial charge in [-0.3, -0.25) is 14.9 Å². The number of aryl methyl sites for hydroxylation is 1. The predicted octanol–water partition coefficient (Wildman–Crippen LogP) is 1.08. The van der Waals surface area contributed by atoms with E-state index in [1.165, 1.54) is 0 Å². The molecule has 1 unspecified atom stereocenters. The van der Waals surface area contributed by atoms with Gasteiger partial charge in [-0.2, -0.15) is 5.26 Å². The van der Waals surface area contributed by atoms with E-state index in [4.69, 9.17) is 5.26 Å². The summed E-state index contributed by atoms with van der Waals surface area (Å²) in [7, 11) is 0. The third kappa shape index (κ3) is 2.33. The smallest absolute Gasteiger partial charge is 0.249 e. The number of amides is 2. The van der Waals surface area contributed by atoms with E-state index in [2.05, 4.69) is 16.7 Å². The van der Waals surface area contributed by atoms with Crippen LogP contribution >= 0.6 is 0 Å². The van der Waals surface area contributed by atoms with E-state index < -0.39 is 6.04 Å². The van der Waals surface area contributed by atoms with Crippen LogP contribution in [0.3, 0.4) is 0 Å². The highest BCUT2D eigenvalue weighted by Gasteiger charge is 2.26. The molecule has 2 amide bonds. The molecular weight excluding hydrogens is 230 g/mol. The van der Waals surface area contributed by atoms with Crippen LogP contribution in [-0.4, -0.2) is 17.9 Å². The first-order valence-electron chi connectivity index (χ1n) is 5.72. The lowest BCUT2D eigenvalue weighted by atomic mass is 10.0. The number of hydrogen-bond donors (Lipinski definition) is 2. The van der Waals surface area contributed by atoms with Gasteiger partial charge < -0.3 is 5.32 Å². The summed E-state index contributed by atoms with van der Waals surface area (Å²) in [5.74, 6) is -0.584. The summed E-state index contributed by atoms with van der Waals surface area (Å²) in [6.07, 6.45) is 0.764. The number of hydrogen-bond acceptors (Lipinski definition) is 4. The molecule has 92 valence electrons. The molecule has 18 heavy (non-hydrogen) atoms. The van der Waals surface area contributed by atoms with E-state index in [9.17, 15) is 9.59 Å². The summed E-state index contributed by atoms with van der Waals surface area (Å²) in [6.45, 7) is 1.84. The first kappa shape index (κ1) is 12.1. The van der Waals surface area contributed by atoms with Gasteiger partial charge in [0.2, 0.25) is 11.8 Å². The van der Waals surface area contributed by atoms with Crippen LogP contribution in [0.1, 0.15) is 24.0 Å². The third-order valence-corrected chi connectivity index (χ3v) is 2.95. The summed E-state index contributed by atoms with van der Waals surface area (Å²) in [6, 6.07) is 7.08. The monoisotopic (exact) mass is 243 g/mol. The van der Waals surface area contributed by atoms with Crippen molar-refractivity contribution in [1.82, 2.24) is 5.32 Å². The molecule has 1 aliphatic rings. The molecule has 1 heterocycles. The first-order valence-corrected chi connectivity index (χ1v) is 5.72. The molecule has 0 saturated carbocycles. The van der Waals surface area contributed by atoms with Gasteiger partial charge >= 0.3 is 0 Å². The van der Waals surface area contributed by atoms with Crippen molar-refractivity contribution < 1.29 is 9.59 Å². The van der Waals surface area contributed by atoms with Gasteiger partial charge in [-0.25, -0.2) is 0 Å². The fourth-order valence-electron chi connectivity index (χ4n) is 1.96. The molecule has 0 aromatic heterocycles. The van der Waals surface area contributed by atoms with Gasteiger partial charge in [-0.15, -0.1) is 0 Å². The molecule has 0 radical (unpaired) electrons. The van der Waals surface area contributed by atoms with Crippen LogP contribution in [0.4, 0.5) is 5.69 Å². The highest BCUT2D eigenvalue weighted by atomic mass is 16.2. The Balaban J connectivity index is 2.20. The zero-order chi connectivity index (χ0) is 13.1. The maximum Gasteiger partial charge on any atom is 0.249 e. The Bertz CT molecular complexity index is 546. The van der Waals surface area contributed by atoms with Crippen molar-refractivity contribution in [3.8, 4) is 6.07 Å². The minimum Gasteiger partial charge on any atom is -0.373 e. The minimum atomic E-state index is -0.461. The number of nitrogens with one attached hydrogen (secondary N) is 2. The molecule has 0 bridgehead atoms. The number of benzene rings is 1. The molecule has 2 N–H and O–H groups in total. The van der Waals surface area contributed by atoms with E-state index >= 15 is 0 Å². The Labute approximate surface area is 105 Å². The molecule has 1 fully saturated rings. The Kier molecular flexibility index (Phi) is 3.28. The van der Waals surface area contributed by atoms with Crippen LogP contribution in [0.25, 0.3) is 0 Å². The summed E-state index contributed by atoms with van der Waals surface area (Å²) in [5.41, 5.74) is 2.02. The van der Waals surface area contributed by atoms with Gasteiger partial charge in [-0.1, -0.05) is 12.1 Å². The lowest BCUT2D eigenvalue weighted by Gasteiger charge is -2.23. The molecule has 2 rings (SSSR count). The Morgan fingerprint density at radius 1 is 1.44 bits per heavy atom. The summed E-state index contributed by atoms with van der Waals surface area (Å²) >= 11 is 0. The van der Waals surface area contributed by atoms with Crippen LogP contribution in [0.15, 0.2) is 18.2 Å². The molecule has 1 aromatic carbocycles. The lowest BCUT2D eigenvalue weighted by molar-refractivity contribution is -0.133. The molecule has 0 spiro atoms. The number of carbonyl (C=O) groups is 2. The van der Waals surface area contributed by atoms with E-state index in [1.54, 1.807) is 6.07 Å². The number of imide groups is 1. The number of nitrogens with zero attached hydrogens (tertiary/aromatic N) is 1. The number of piperidine rings is 1. The Morgan fingerprint density at radius 2 is 2.22 bits per heavy atom. The molecule has 1 aliphatic heterocycles. The highest BCUT2D eigenvalue weighted by Crippen LogP contribution is 2.21. The van der Waals surface area contributed by atoms with Gasteiger partial charge in [0.1, 0.15) is 12.1 Å². The second kappa shape index (κ2) is 4.88. The van der Waals surface area contributed by atoms with Crippen molar-refractivity contribution >= 4 is 17.5 Å². The fraction of sp³-hybridized carbons (Fsp3) is 0.308. The molecule has 1 saturated heterocycles. The molecule has 1 atom stereocenters. The van der Waals surface area contributed by atoms with Crippen molar-refractivity contribution in [3.63, 3.8) is 0 Å². The number of carbonyl (C=O) groups excluding carboxylic acids is 2. The van der Waals surface area contributed by atoms with Gasteiger partial charge in [0.25, 0.3) is 0 Å². The second-order valence-electron chi connectivity index (χ2n) is 4.26. The lowest BCUT2D eigenvalue weighted by Crippen LogP contribution is -2.47. The zero-order valence-electron chi connectivity index (χ0n) is 9.99. The quantitative estimate of drug-likeness (QED) is 0.761. The fourth-order valence-corrected chi connectivity index (χ4v) is 1.96. The number of rotatable bonds is 2. The molecule has 0 aliphatic carbocycles. The van der Waals surface area contributed by atoms with E-state index in [-0.39, 0.29) is 11.8 Å². The van der Waals surface area contributed by atoms with Crippen molar-refractivity contribution in [1.29, 1.82) is 5.26 Å². The Hall–Kier alpha value is -2.35. The van der Waals surface area contributed by atoms with Crippen LogP contribution in [0, 0.1) is 18.3 Å². The summed E-state index contributed by atoms with van der Waals surface area (Å²) in [4.78, 5) is 22.7. The summed E-state index contributed by atoms with van der Waals surface area (Å²) in [5, 5.41) is 14.4. The first-order chi connectivity index (χ1) is 8.61. The SMILES string of the molecule is Cc1cccc(NC2CCC(=O)NC2=O)c1C#N. The van der Waals surface area contributed by atoms with E-state index in [1.807, 2.05) is 19.1 Å². The largest absolute Gasteiger partial charge is 0.373 e. The number of nitriles is 1. The van der Waals surface area contributed by atoms with Crippen molar-refractivity contribution in [2.45, 2.75) is 25.8 Å². The van der Waals surface area contributed by atoms with Gasteiger partial charge in [-0.05, 0) is 25.0 Å². The molecule has 5 nitrogen and oxygen atoms in total. The van der Waals surface area contributed by atoms with Crippen molar-refractivity contribution in [3.05, 3.63) is 29.3 Å². The van der Waals surface area contributed by atoms with Gasteiger partial charge in [0, 0.05) is 6.42 Å². The van der Waals surface area contributed by atoms with Crippen LogP contribution in [-0.2, 0) is 9.59 Å². The third-order valence-electron chi connectivity index (χ3n) is 2.95.